The van der Waals surface area contributed by atoms with Gasteiger partial charge < -0.3 is 9.47 Å². The molecule has 0 amide bonds. The number of esters is 1. The lowest BCUT2D eigenvalue weighted by Gasteiger charge is -2.15. The number of rotatable bonds is 6. The number of carbonyl (C=O) groups excluding carboxylic acids is 1. The molecule has 0 saturated heterocycles. The van der Waals surface area contributed by atoms with Crippen LogP contribution >= 0.6 is 29.4 Å². The summed E-state index contributed by atoms with van der Waals surface area (Å²) in [6, 6.07) is 5.96. The average Bonchev–Trinajstić information content (AvgIpc) is 3.39. The Morgan fingerprint density at radius 1 is 1.25 bits per heavy atom. The molecule has 0 aliphatic rings. The molecule has 3 heterocycles. The van der Waals surface area contributed by atoms with E-state index in [1.165, 1.54) is 36.3 Å². The summed E-state index contributed by atoms with van der Waals surface area (Å²) in [5, 5.41) is 8.70. The number of halogens is 2. The minimum Gasteiger partial charge on any atom is -0.479 e. The Morgan fingerprint density at radius 2 is 1.97 bits per heavy atom. The van der Waals surface area contributed by atoms with Gasteiger partial charge in [-0.1, -0.05) is 12.1 Å². The maximum absolute atomic E-state index is 13.3. The van der Waals surface area contributed by atoms with Crippen LogP contribution in [0.2, 0.25) is 0 Å². The number of fused-ring (bicyclic) bond motifs is 1. The van der Waals surface area contributed by atoms with Crippen LogP contribution in [0.3, 0.4) is 0 Å². The summed E-state index contributed by atoms with van der Waals surface area (Å²) >= 11 is 3.45. The summed E-state index contributed by atoms with van der Waals surface area (Å²) < 4.78 is 27.4. The van der Waals surface area contributed by atoms with E-state index < -0.39 is 5.97 Å². The number of hydrogen-bond donors (Lipinski definition) is 0. The van der Waals surface area contributed by atoms with Crippen molar-refractivity contribution in [2.45, 2.75) is 19.9 Å². The Labute approximate surface area is 198 Å². The third kappa shape index (κ3) is 4.32. The molecule has 0 radical (unpaired) electrons. The highest BCUT2D eigenvalue weighted by molar-refractivity contribution is 9.10. The Morgan fingerprint density at radius 3 is 2.62 bits per heavy atom. The summed E-state index contributed by atoms with van der Waals surface area (Å²) in [4.78, 5) is 20.9. The van der Waals surface area contributed by atoms with Crippen LogP contribution in [-0.4, -0.2) is 49.2 Å². The zero-order valence-electron chi connectivity index (χ0n) is 17.4. The van der Waals surface area contributed by atoms with E-state index in [1.54, 1.807) is 23.7 Å². The average molecular weight is 523 g/mol. The molecular formula is C20H20BrFN6O3S. The molecular weight excluding hydrogens is 503 g/mol. The third-order valence-electron chi connectivity index (χ3n) is 4.67. The van der Waals surface area contributed by atoms with E-state index in [1.807, 2.05) is 6.92 Å². The van der Waals surface area contributed by atoms with E-state index in [0.29, 0.717) is 15.6 Å². The topological polar surface area (TPSA) is 96.9 Å². The van der Waals surface area contributed by atoms with Gasteiger partial charge in [0.2, 0.25) is 5.88 Å². The molecule has 4 rings (SSSR count). The van der Waals surface area contributed by atoms with Gasteiger partial charge in [0.15, 0.2) is 10.1 Å². The fraction of sp³-hybridized carbons (Fsp3) is 0.250. The van der Waals surface area contributed by atoms with Crippen LogP contribution in [0.25, 0.3) is 17.0 Å². The molecule has 3 aromatic heterocycles. The minimum atomic E-state index is -0.482. The molecule has 168 valence electrons. The number of benzene rings is 1. The first-order valence-corrected chi connectivity index (χ1v) is 10.2. The van der Waals surface area contributed by atoms with Crippen LogP contribution in [0.4, 0.5) is 4.39 Å². The maximum Gasteiger partial charge on any atom is 0.341 e. The lowest BCUT2D eigenvalue weighted by atomic mass is 10.1. The molecule has 0 spiro atoms. The highest BCUT2D eigenvalue weighted by Crippen LogP contribution is 2.33. The highest BCUT2D eigenvalue weighted by Gasteiger charge is 2.23. The Balaban J connectivity index is 0.00000289. The number of nitrogens with zero attached hydrogens (tertiary/aromatic N) is 6. The van der Waals surface area contributed by atoms with Crippen LogP contribution < -0.4 is 4.74 Å². The van der Waals surface area contributed by atoms with Crippen molar-refractivity contribution in [1.29, 1.82) is 0 Å². The SMILES string of the molecule is CCOC(=O)c1cnn(-c2nc(OC)c3c(n2)c(Br)nn3[C@@H](C)c2ccc(F)cc2)c1.S. The van der Waals surface area contributed by atoms with Gasteiger partial charge in [0.25, 0.3) is 5.95 Å². The Bertz CT molecular complexity index is 1260. The Hall–Kier alpha value is -2.99. The monoisotopic (exact) mass is 522 g/mol. The van der Waals surface area contributed by atoms with Gasteiger partial charge in [0.05, 0.1) is 31.5 Å². The summed E-state index contributed by atoms with van der Waals surface area (Å²) in [7, 11) is 1.49. The summed E-state index contributed by atoms with van der Waals surface area (Å²) in [5.74, 6) is -0.312. The van der Waals surface area contributed by atoms with Crippen LogP contribution in [0.15, 0.2) is 41.3 Å². The molecule has 4 aromatic rings. The molecule has 0 bridgehead atoms. The normalized spacial score (nSPS) is 11.8. The molecule has 0 N–H and O–H groups in total. The predicted molar refractivity (Wildman–Crippen MR) is 123 cm³/mol. The smallest absolute Gasteiger partial charge is 0.341 e. The van der Waals surface area contributed by atoms with Gasteiger partial charge in [0, 0.05) is 6.20 Å². The molecule has 12 heteroatoms. The number of hydrogen-bond acceptors (Lipinski definition) is 7. The van der Waals surface area contributed by atoms with Crippen molar-refractivity contribution >= 4 is 46.4 Å². The van der Waals surface area contributed by atoms with Crippen molar-refractivity contribution < 1.29 is 18.7 Å². The van der Waals surface area contributed by atoms with Crippen molar-refractivity contribution in [2.75, 3.05) is 13.7 Å². The second-order valence-corrected chi connectivity index (χ2v) is 7.34. The minimum absolute atomic E-state index is 0. The molecule has 0 fully saturated rings. The van der Waals surface area contributed by atoms with Crippen LogP contribution in [-0.2, 0) is 4.74 Å². The van der Waals surface area contributed by atoms with Gasteiger partial charge >= 0.3 is 5.97 Å². The van der Waals surface area contributed by atoms with Crippen molar-refractivity contribution in [3.05, 3.63) is 58.2 Å². The molecule has 1 aromatic carbocycles. The molecule has 0 saturated carbocycles. The maximum atomic E-state index is 13.3. The lowest BCUT2D eigenvalue weighted by Crippen LogP contribution is -2.11. The first kappa shape index (κ1) is 23.7. The number of carbonyl (C=O) groups is 1. The molecule has 32 heavy (non-hydrogen) atoms. The van der Waals surface area contributed by atoms with Crippen LogP contribution in [0.5, 0.6) is 5.88 Å². The zero-order chi connectivity index (χ0) is 22.1. The fourth-order valence-corrected chi connectivity index (χ4v) is 3.57. The number of ether oxygens (including phenoxy) is 2. The van der Waals surface area contributed by atoms with E-state index >= 15 is 0 Å². The lowest BCUT2D eigenvalue weighted by molar-refractivity contribution is 0.0526. The van der Waals surface area contributed by atoms with Gasteiger partial charge in [-0.2, -0.15) is 28.7 Å². The van der Waals surface area contributed by atoms with E-state index in [4.69, 9.17) is 9.47 Å². The van der Waals surface area contributed by atoms with Gasteiger partial charge in [-0.3, -0.25) is 0 Å². The quantitative estimate of drug-likeness (QED) is 0.355. The van der Waals surface area contributed by atoms with Crippen molar-refractivity contribution in [2.24, 2.45) is 0 Å². The highest BCUT2D eigenvalue weighted by atomic mass is 79.9. The number of aromatic nitrogens is 6. The standard InChI is InChI=1S/C20H18BrFN6O3.H2S/c1-4-31-19(29)13-9-23-27(10-13)20-24-15-16(18(25-20)30-3)28(26-17(15)21)11(2)12-5-7-14(22)8-6-12;/h5-11H,4H2,1-3H3;1H2/t11-;/m0./s1. The second kappa shape index (κ2) is 9.65. The largest absolute Gasteiger partial charge is 0.479 e. The van der Waals surface area contributed by atoms with E-state index in [2.05, 4.69) is 36.1 Å². The summed E-state index contributed by atoms with van der Waals surface area (Å²) in [6.07, 6.45) is 2.87. The van der Waals surface area contributed by atoms with E-state index in [9.17, 15) is 9.18 Å². The predicted octanol–water partition coefficient (Wildman–Crippen LogP) is 3.82. The first-order chi connectivity index (χ1) is 14.9. The number of methoxy groups -OCH3 is 1. The summed E-state index contributed by atoms with van der Waals surface area (Å²) in [5.41, 5.74) is 2.21. The van der Waals surface area contributed by atoms with E-state index in [0.717, 1.165) is 5.56 Å². The van der Waals surface area contributed by atoms with Gasteiger partial charge in [-0.25, -0.2) is 23.5 Å². The zero-order valence-corrected chi connectivity index (χ0v) is 20.0. The van der Waals surface area contributed by atoms with Crippen LogP contribution in [0, 0.1) is 5.82 Å². The summed E-state index contributed by atoms with van der Waals surface area (Å²) in [6.45, 7) is 3.92. The van der Waals surface area contributed by atoms with Gasteiger partial charge in [-0.05, 0) is 47.5 Å². The van der Waals surface area contributed by atoms with Gasteiger partial charge in [-0.15, -0.1) is 0 Å². The van der Waals surface area contributed by atoms with Gasteiger partial charge in [0.1, 0.15) is 11.3 Å². The first-order valence-electron chi connectivity index (χ1n) is 9.40. The molecule has 0 aliphatic carbocycles. The molecule has 9 nitrogen and oxygen atoms in total. The van der Waals surface area contributed by atoms with E-state index in [-0.39, 0.29) is 49.4 Å². The molecule has 0 unspecified atom stereocenters. The van der Waals surface area contributed by atoms with Crippen molar-refractivity contribution in [3.8, 4) is 11.8 Å². The fourth-order valence-electron chi connectivity index (χ4n) is 3.12. The Kier molecular flexibility index (Phi) is 7.14. The van der Waals surface area contributed by atoms with Crippen molar-refractivity contribution in [3.63, 3.8) is 0 Å². The molecule has 0 aliphatic heterocycles. The van der Waals surface area contributed by atoms with Crippen LogP contribution in [0.1, 0.15) is 35.8 Å². The van der Waals surface area contributed by atoms with Crippen molar-refractivity contribution in [1.82, 2.24) is 29.5 Å². The molecule has 1 atom stereocenters. The second-order valence-electron chi connectivity index (χ2n) is 6.59. The third-order valence-corrected chi connectivity index (χ3v) is 5.21.